The van der Waals surface area contributed by atoms with Gasteiger partial charge in [-0.3, -0.25) is 0 Å². The van der Waals surface area contributed by atoms with Crippen LogP contribution in [0.25, 0.3) is 11.0 Å². The Morgan fingerprint density at radius 1 is 1.18 bits per heavy atom. The molecule has 0 aliphatic heterocycles. The van der Waals surface area contributed by atoms with Gasteiger partial charge < -0.3 is 10.3 Å². The summed E-state index contributed by atoms with van der Waals surface area (Å²) in [7, 11) is 0. The van der Waals surface area contributed by atoms with Crippen LogP contribution < -0.4 is 5.32 Å². The highest BCUT2D eigenvalue weighted by Crippen LogP contribution is 2.34. The van der Waals surface area contributed by atoms with E-state index in [0.29, 0.717) is 6.04 Å². The first-order valence-corrected chi connectivity index (χ1v) is 8.55. The van der Waals surface area contributed by atoms with Crippen LogP contribution in [-0.2, 0) is 13.0 Å². The second-order valence-electron chi connectivity index (χ2n) is 5.86. The number of aromatic nitrogens is 2. The molecule has 3 aromatic rings. The summed E-state index contributed by atoms with van der Waals surface area (Å²) in [6.07, 6.45) is 3.50. The molecular formula is C18H18BrN3. The summed E-state index contributed by atoms with van der Waals surface area (Å²) in [5.41, 5.74) is 6.29. The molecule has 0 fully saturated rings. The first-order valence-electron chi connectivity index (χ1n) is 7.75. The average Bonchev–Trinajstić information content (AvgIpc) is 2.92. The van der Waals surface area contributed by atoms with Gasteiger partial charge in [0.05, 0.1) is 11.0 Å². The number of rotatable bonds is 3. The molecule has 3 nitrogen and oxygen atoms in total. The molecular weight excluding hydrogens is 338 g/mol. The van der Waals surface area contributed by atoms with Crippen LogP contribution in [0.1, 0.15) is 35.7 Å². The Morgan fingerprint density at radius 3 is 2.91 bits per heavy atom. The zero-order valence-corrected chi connectivity index (χ0v) is 13.9. The van der Waals surface area contributed by atoms with Gasteiger partial charge in [0.15, 0.2) is 0 Å². The lowest BCUT2D eigenvalue weighted by atomic mass is 9.92. The van der Waals surface area contributed by atoms with Crippen molar-refractivity contribution in [3.05, 3.63) is 63.9 Å². The van der Waals surface area contributed by atoms with Gasteiger partial charge in [0.25, 0.3) is 0 Å². The second kappa shape index (κ2) is 5.86. The minimum atomic E-state index is 0.386. The SMILES string of the molecule is Brc1ccc2[nH]c3c(c2n1)CCC[C@H]3NCc1ccccc1. The van der Waals surface area contributed by atoms with Crippen LogP contribution in [0.5, 0.6) is 0 Å². The summed E-state index contributed by atoms with van der Waals surface area (Å²) in [4.78, 5) is 8.24. The first-order chi connectivity index (χ1) is 10.8. The Kier molecular flexibility index (Phi) is 3.72. The molecule has 0 saturated carbocycles. The molecule has 2 heterocycles. The molecule has 22 heavy (non-hydrogen) atoms. The summed E-state index contributed by atoms with van der Waals surface area (Å²) in [6.45, 7) is 0.900. The monoisotopic (exact) mass is 355 g/mol. The summed E-state index contributed by atoms with van der Waals surface area (Å²) < 4.78 is 0.904. The van der Waals surface area contributed by atoms with Crippen LogP contribution in [0.15, 0.2) is 47.1 Å². The number of hydrogen-bond acceptors (Lipinski definition) is 2. The second-order valence-corrected chi connectivity index (χ2v) is 6.67. The van der Waals surface area contributed by atoms with Gasteiger partial charge in [-0.25, -0.2) is 4.98 Å². The molecule has 2 N–H and O–H groups in total. The van der Waals surface area contributed by atoms with Gasteiger partial charge in [0.2, 0.25) is 0 Å². The van der Waals surface area contributed by atoms with E-state index in [9.17, 15) is 0 Å². The molecule has 2 aromatic heterocycles. The van der Waals surface area contributed by atoms with Crippen molar-refractivity contribution in [1.29, 1.82) is 0 Å². The third-order valence-electron chi connectivity index (χ3n) is 4.41. The number of nitrogens with zero attached hydrogens (tertiary/aromatic N) is 1. The largest absolute Gasteiger partial charge is 0.356 e. The number of aromatic amines is 1. The zero-order chi connectivity index (χ0) is 14.9. The van der Waals surface area contributed by atoms with E-state index < -0.39 is 0 Å². The molecule has 4 rings (SSSR count). The van der Waals surface area contributed by atoms with Gasteiger partial charge >= 0.3 is 0 Å². The predicted molar refractivity (Wildman–Crippen MR) is 92.8 cm³/mol. The third-order valence-corrected chi connectivity index (χ3v) is 4.85. The Morgan fingerprint density at radius 2 is 2.05 bits per heavy atom. The van der Waals surface area contributed by atoms with Crippen molar-refractivity contribution in [3.8, 4) is 0 Å². The maximum Gasteiger partial charge on any atom is 0.106 e. The van der Waals surface area contributed by atoms with Gasteiger partial charge in [0, 0.05) is 23.8 Å². The molecule has 1 aliphatic rings. The predicted octanol–water partition coefficient (Wildman–Crippen LogP) is 4.49. The van der Waals surface area contributed by atoms with E-state index in [1.54, 1.807) is 0 Å². The fourth-order valence-electron chi connectivity index (χ4n) is 3.33. The molecule has 0 saturated heterocycles. The Bertz CT molecular complexity index is 795. The van der Waals surface area contributed by atoms with Crippen LogP contribution in [0.2, 0.25) is 0 Å². The van der Waals surface area contributed by atoms with Crippen molar-refractivity contribution < 1.29 is 0 Å². The molecule has 0 bridgehead atoms. The van der Waals surface area contributed by atoms with E-state index >= 15 is 0 Å². The summed E-state index contributed by atoms with van der Waals surface area (Å²) >= 11 is 3.48. The summed E-state index contributed by atoms with van der Waals surface area (Å²) in [5.74, 6) is 0. The van der Waals surface area contributed by atoms with Crippen molar-refractivity contribution in [2.75, 3.05) is 0 Å². The van der Waals surface area contributed by atoms with Crippen LogP contribution in [0.3, 0.4) is 0 Å². The van der Waals surface area contributed by atoms with Crippen molar-refractivity contribution in [2.24, 2.45) is 0 Å². The van der Waals surface area contributed by atoms with E-state index in [-0.39, 0.29) is 0 Å². The Balaban J connectivity index is 1.63. The molecule has 4 heteroatoms. The number of halogens is 1. The fourth-order valence-corrected chi connectivity index (χ4v) is 3.64. The van der Waals surface area contributed by atoms with Gasteiger partial charge in [0.1, 0.15) is 4.60 Å². The van der Waals surface area contributed by atoms with Crippen molar-refractivity contribution >= 4 is 27.0 Å². The molecule has 1 aromatic carbocycles. The number of benzene rings is 1. The van der Waals surface area contributed by atoms with E-state index in [2.05, 4.69) is 67.6 Å². The highest BCUT2D eigenvalue weighted by molar-refractivity contribution is 9.10. The first kappa shape index (κ1) is 14.0. The number of nitrogens with one attached hydrogen (secondary N) is 2. The molecule has 0 spiro atoms. The standard InChI is InChI=1S/C18H18BrN3/c19-16-10-9-15-18(22-16)13-7-4-8-14(17(13)21-15)20-11-12-5-2-1-3-6-12/h1-3,5-6,9-10,14,20-21H,4,7-8,11H2/t14-/m1/s1. The number of aryl methyl sites for hydroxylation is 1. The summed E-state index contributed by atoms with van der Waals surface area (Å²) in [6, 6.07) is 15.1. The van der Waals surface area contributed by atoms with E-state index in [4.69, 9.17) is 0 Å². The molecule has 1 aliphatic carbocycles. The highest BCUT2D eigenvalue weighted by Gasteiger charge is 2.24. The minimum Gasteiger partial charge on any atom is -0.356 e. The molecule has 0 radical (unpaired) electrons. The Labute approximate surface area is 138 Å². The maximum atomic E-state index is 4.66. The zero-order valence-electron chi connectivity index (χ0n) is 12.3. The average molecular weight is 356 g/mol. The summed E-state index contributed by atoms with van der Waals surface area (Å²) in [5, 5.41) is 3.70. The quantitative estimate of drug-likeness (QED) is 0.679. The van der Waals surface area contributed by atoms with E-state index in [1.807, 2.05) is 6.07 Å². The number of pyridine rings is 1. The lowest BCUT2D eigenvalue weighted by molar-refractivity contribution is 0.452. The topological polar surface area (TPSA) is 40.7 Å². The van der Waals surface area contributed by atoms with Crippen molar-refractivity contribution in [3.63, 3.8) is 0 Å². The van der Waals surface area contributed by atoms with Gasteiger partial charge in [-0.05, 0) is 52.9 Å². The van der Waals surface area contributed by atoms with Crippen molar-refractivity contribution in [1.82, 2.24) is 15.3 Å². The minimum absolute atomic E-state index is 0.386. The number of fused-ring (bicyclic) bond motifs is 3. The van der Waals surface area contributed by atoms with Gasteiger partial charge in [-0.1, -0.05) is 30.3 Å². The van der Waals surface area contributed by atoms with Gasteiger partial charge in [-0.15, -0.1) is 0 Å². The van der Waals surface area contributed by atoms with Crippen LogP contribution in [-0.4, -0.2) is 9.97 Å². The van der Waals surface area contributed by atoms with E-state index in [1.165, 1.54) is 29.7 Å². The number of H-pyrrole nitrogens is 1. The molecule has 0 amide bonds. The fraction of sp³-hybridized carbons (Fsp3) is 0.278. The van der Waals surface area contributed by atoms with E-state index in [0.717, 1.165) is 28.6 Å². The van der Waals surface area contributed by atoms with Gasteiger partial charge in [-0.2, -0.15) is 0 Å². The normalized spacial score (nSPS) is 17.6. The van der Waals surface area contributed by atoms with Crippen LogP contribution in [0, 0.1) is 0 Å². The molecule has 1 atom stereocenters. The highest BCUT2D eigenvalue weighted by atomic mass is 79.9. The smallest absolute Gasteiger partial charge is 0.106 e. The number of hydrogen-bond donors (Lipinski definition) is 2. The molecule has 112 valence electrons. The Hall–Kier alpha value is -1.65. The van der Waals surface area contributed by atoms with Crippen LogP contribution in [0.4, 0.5) is 0 Å². The van der Waals surface area contributed by atoms with Crippen molar-refractivity contribution in [2.45, 2.75) is 31.8 Å². The third kappa shape index (κ3) is 2.57. The van der Waals surface area contributed by atoms with Crippen LogP contribution >= 0.6 is 15.9 Å². The lowest BCUT2D eigenvalue weighted by Gasteiger charge is -2.23. The lowest BCUT2D eigenvalue weighted by Crippen LogP contribution is -2.24. The molecule has 0 unspecified atom stereocenters. The maximum absolute atomic E-state index is 4.66.